The normalized spacial score (nSPS) is 14.4. The maximum Gasteiger partial charge on any atom is 0.258 e. The topological polar surface area (TPSA) is 93.2 Å². The first-order valence-corrected chi connectivity index (χ1v) is 13.8. The highest BCUT2D eigenvalue weighted by molar-refractivity contribution is 6.28. The number of anilines is 2. The van der Waals surface area contributed by atoms with Crippen LogP contribution in [-0.2, 0) is 19.2 Å². The molecule has 0 atom stereocenters. The van der Waals surface area contributed by atoms with Crippen LogP contribution in [0.5, 0.6) is 23.0 Å². The zero-order valence-corrected chi connectivity index (χ0v) is 23.2. The van der Waals surface area contributed by atoms with Gasteiger partial charge in [0.2, 0.25) is 0 Å². The largest absolute Gasteiger partial charge is 0.457 e. The summed E-state index contributed by atoms with van der Waals surface area (Å²) < 4.78 is 12.0. The highest BCUT2D eigenvalue weighted by atomic mass is 16.5. The predicted molar refractivity (Wildman–Crippen MR) is 161 cm³/mol. The number of ether oxygens (including phenoxy) is 2. The first kappa shape index (κ1) is 27.4. The lowest BCUT2D eigenvalue weighted by atomic mass is 9.89. The second-order valence-corrected chi connectivity index (χ2v) is 9.98. The van der Waals surface area contributed by atoms with Crippen molar-refractivity contribution in [3.63, 3.8) is 0 Å². The Morgan fingerprint density at radius 2 is 0.744 bits per heavy atom. The van der Waals surface area contributed by atoms with Gasteiger partial charge in [0.1, 0.15) is 23.0 Å². The summed E-state index contributed by atoms with van der Waals surface area (Å²) in [5.41, 5.74) is 3.28. The number of nitrogens with zero attached hydrogens (tertiary/aromatic N) is 2. The highest BCUT2D eigenvalue weighted by Crippen LogP contribution is 2.33. The van der Waals surface area contributed by atoms with Gasteiger partial charge >= 0.3 is 0 Å². The quantitative estimate of drug-likeness (QED) is 0.209. The molecule has 0 N–H and O–H groups in total. The maximum atomic E-state index is 11.9. The minimum atomic E-state index is -0.359. The Labute approximate surface area is 248 Å². The Hall–Kier alpha value is -5.76. The van der Waals surface area contributed by atoms with Gasteiger partial charge < -0.3 is 9.47 Å². The van der Waals surface area contributed by atoms with Crippen LogP contribution in [0.4, 0.5) is 11.4 Å². The van der Waals surface area contributed by atoms with Crippen LogP contribution >= 0.6 is 0 Å². The Balaban J connectivity index is 1.08. The number of hydrogen-bond acceptors (Lipinski definition) is 6. The van der Waals surface area contributed by atoms with Gasteiger partial charge in [0.05, 0.1) is 11.4 Å². The molecule has 0 saturated heterocycles. The third kappa shape index (κ3) is 5.71. The molecule has 0 fully saturated rings. The second kappa shape index (κ2) is 11.6. The Morgan fingerprint density at radius 3 is 1.02 bits per heavy atom. The first-order chi connectivity index (χ1) is 20.9. The molecule has 8 heteroatoms. The van der Waals surface area contributed by atoms with Gasteiger partial charge in [-0.2, -0.15) is 0 Å². The van der Waals surface area contributed by atoms with Crippen molar-refractivity contribution < 1.29 is 28.7 Å². The van der Waals surface area contributed by atoms with E-state index in [1.54, 1.807) is 48.5 Å². The average Bonchev–Trinajstić information content (AvgIpc) is 3.54. The lowest BCUT2D eigenvalue weighted by Crippen LogP contribution is -2.29. The summed E-state index contributed by atoms with van der Waals surface area (Å²) in [5.74, 6) is 1.27. The molecular formula is C35H26N2O6. The van der Waals surface area contributed by atoms with Crippen LogP contribution in [0, 0.1) is 0 Å². The van der Waals surface area contributed by atoms with Gasteiger partial charge in [-0.15, -0.1) is 0 Å². The molecule has 8 nitrogen and oxygen atoms in total. The van der Waals surface area contributed by atoms with Crippen LogP contribution < -0.4 is 19.3 Å². The summed E-state index contributed by atoms with van der Waals surface area (Å²) in [5, 5.41) is 0. The molecule has 0 radical (unpaired) electrons. The van der Waals surface area contributed by atoms with E-state index in [4.69, 9.17) is 9.47 Å². The van der Waals surface area contributed by atoms with Crippen LogP contribution in [0.15, 0.2) is 121 Å². The summed E-state index contributed by atoms with van der Waals surface area (Å²) >= 11 is 0. The summed E-state index contributed by atoms with van der Waals surface area (Å²) in [6.45, 7) is 2.14. The summed E-state index contributed by atoms with van der Waals surface area (Å²) in [6.07, 6.45) is 5.92. The molecule has 4 aromatic carbocycles. The van der Waals surface area contributed by atoms with Gasteiger partial charge in [-0.3, -0.25) is 19.2 Å². The molecule has 0 unspecified atom stereocenters. The zero-order chi connectivity index (χ0) is 29.9. The molecule has 4 amide bonds. The molecule has 4 aromatic rings. The van der Waals surface area contributed by atoms with Crippen LogP contribution in [0.2, 0.25) is 0 Å². The summed E-state index contributed by atoms with van der Waals surface area (Å²) in [4.78, 5) is 49.8. The molecule has 0 saturated carbocycles. The Kier molecular flexibility index (Phi) is 7.41. The molecule has 0 aromatic heterocycles. The number of carbonyl (C=O) groups excluding carboxylic acids is 4. The molecule has 6 rings (SSSR count). The van der Waals surface area contributed by atoms with E-state index in [2.05, 4.69) is 6.92 Å². The summed E-state index contributed by atoms with van der Waals surface area (Å²) in [6, 6.07) is 29.5. The van der Waals surface area contributed by atoms with Gasteiger partial charge in [-0.25, -0.2) is 9.80 Å². The van der Waals surface area contributed by atoms with Crippen LogP contribution in [0.25, 0.3) is 0 Å². The summed E-state index contributed by atoms with van der Waals surface area (Å²) in [7, 11) is 0. The van der Waals surface area contributed by atoms with Crippen molar-refractivity contribution in [1.82, 2.24) is 0 Å². The minimum Gasteiger partial charge on any atom is -0.457 e. The minimum absolute atomic E-state index is 0.176. The smallest absolute Gasteiger partial charge is 0.258 e. The van der Waals surface area contributed by atoms with Crippen LogP contribution in [0.3, 0.4) is 0 Å². The van der Waals surface area contributed by atoms with E-state index in [0.717, 1.165) is 27.3 Å². The van der Waals surface area contributed by atoms with E-state index in [0.29, 0.717) is 34.4 Å². The Morgan fingerprint density at radius 1 is 0.465 bits per heavy atom. The van der Waals surface area contributed by atoms with E-state index in [-0.39, 0.29) is 29.5 Å². The van der Waals surface area contributed by atoms with Crippen molar-refractivity contribution >= 4 is 35.0 Å². The van der Waals surface area contributed by atoms with Crippen molar-refractivity contribution in [2.75, 3.05) is 9.80 Å². The fourth-order valence-corrected chi connectivity index (χ4v) is 5.11. The number of benzene rings is 4. The van der Waals surface area contributed by atoms with Gasteiger partial charge in [-0.1, -0.05) is 31.2 Å². The van der Waals surface area contributed by atoms with Crippen LogP contribution in [0.1, 0.15) is 30.4 Å². The predicted octanol–water partition coefficient (Wildman–Crippen LogP) is 6.67. The third-order valence-electron chi connectivity index (χ3n) is 7.25. The Bertz CT molecular complexity index is 1590. The standard InChI is InChI=1S/C35H26N2O6/c1-2-31(23-3-11-27(12-4-23)42-29-15-7-25(8-16-29)36-32(38)19-20-33(36)39)24-5-13-28(14-6-24)43-30-17-9-26(10-18-30)37-34(40)21-22-35(37)41/h3-22,31H,2H2,1H3. The number of amides is 4. The van der Waals surface area contributed by atoms with Crippen LogP contribution in [-0.4, -0.2) is 23.6 Å². The van der Waals surface area contributed by atoms with Crippen molar-refractivity contribution in [2.24, 2.45) is 0 Å². The first-order valence-electron chi connectivity index (χ1n) is 13.8. The SMILES string of the molecule is CCC(c1ccc(Oc2ccc(N3C(=O)C=CC3=O)cc2)cc1)c1ccc(Oc2ccc(N3C(=O)C=CC3=O)cc2)cc1. The third-order valence-corrected chi connectivity index (χ3v) is 7.25. The molecule has 0 aliphatic carbocycles. The number of carbonyl (C=O) groups is 4. The number of hydrogen-bond donors (Lipinski definition) is 0. The lowest BCUT2D eigenvalue weighted by molar-refractivity contribution is -0.121. The molecule has 2 aliphatic heterocycles. The molecular weight excluding hydrogens is 544 g/mol. The molecule has 0 spiro atoms. The fraction of sp³-hybridized carbons (Fsp3) is 0.0857. The van der Waals surface area contributed by atoms with E-state index >= 15 is 0 Å². The average molecular weight is 571 g/mol. The van der Waals surface area contributed by atoms with Gasteiger partial charge in [-0.05, 0) is 90.3 Å². The molecule has 2 heterocycles. The van der Waals surface area contributed by atoms with E-state index in [9.17, 15) is 19.2 Å². The van der Waals surface area contributed by atoms with Gasteiger partial charge in [0, 0.05) is 30.2 Å². The van der Waals surface area contributed by atoms with E-state index < -0.39 is 0 Å². The van der Waals surface area contributed by atoms with Gasteiger partial charge in [0.15, 0.2) is 0 Å². The van der Waals surface area contributed by atoms with Crippen molar-refractivity contribution in [3.8, 4) is 23.0 Å². The van der Waals surface area contributed by atoms with E-state index in [1.165, 1.54) is 24.3 Å². The molecule has 43 heavy (non-hydrogen) atoms. The van der Waals surface area contributed by atoms with Crippen molar-refractivity contribution in [2.45, 2.75) is 19.3 Å². The number of rotatable bonds is 9. The fourth-order valence-electron chi connectivity index (χ4n) is 5.11. The zero-order valence-electron chi connectivity index (χ0n) is 23.2. The van der Waals surface area contributed by atoms with Crippen molar-refractivity contribution in [3.05, 3.63) is 132 Å². The number of imide groups is 2. The monoisotopic (exact) mass is 570 g/mol. The molecule has 0 bridgehead atoms. The molecule has 2 aliphatic rings. The highest BCUT2D eigenvalue weighted by Gasteiger charge is 2.26. The molecule has 212 valence electrons. The van der Waals surface area contributed by atoms with Crippen molar-refractivity contribution in [1.29, 1.82) is 0 Å². The van der Waals surface area contributed by atoms with E-state index in [1.807, 2.05) is 48.5 Å². The van der Waals surface area contributed by atoms with Gasteiger partial charge in [0.25, 0.3) is 23.6 Å². The second-order valence-electron chi connectivity index (χ2n) is 9.98. The lowest BCUT2D eigenvalue weighted by Gasteiger charge is -2.18. The maximum absolute atomic E-state index is 11.9.